The fourth-order valence-electron chi connectivity index (χ4n) is 4.47. The third-order valence-corrected chi connectivity index (χ3v) is 6.20. The average molecular weight is 399 g/mol. The second-order valence-corrected chi connectivity index (χ2v) is 8.25. The third kappa shape index (κ3) is 4.70. The molecule has 0 amide bonds. The van der Waals surface area contributed by atoms with E-state index in [9.17, 15) is 4.79 Å². The maximum atomic E-state index is 12.9. The minimum atomic E-state index is -0.536. The molecule has 156 valence electrons. The molecule has 1 aromatic heterocycles. The van der Waals surface area contributed by atoms with Crippen LogP contribution in [0.15, 0.2) is 40.9 Å². The predicted octanol–water partition coefficient (Wildman–Crippen LogP) is 3.57. The quantitative estimate of drug-likeness (QED) is 0.665. The Labute approximate surface area is 172 Å². The van der Waals surface area contributed by atoms with E-state index >= 15 is 0 Å². The monoisotopic (exact) mass is 398 g/mol. The van der Waals surface area contributed by atoms with Gasteiger partial charge in [-0.15, -0.1) is 0 Å². The summed E-state index contributed by atoms with van der Waals surface area (Å²) in [6.45, 7) is 6.85. The lowest BCUT2D eigenvalue weighted by molar-refractivity contribution is -0.159. The molecular weight excluding hydrogens is 368 g/mol. The molecule has 29 heavy (non-hydrogen) atoms. The Morgan fingerprint density at radius 1 is 1.28 bits per heavy atom. The van der Waals surface area contributed by atoms with Crippen LogP contribution in [0.25, 0.3) is 11.3 Å². The van der Waals surface area contributed by atoms with Crippen LogP contribution < -0.4 is 0 Å². The molecule has 2 saturated heterocycles. The van der Waals surface area contributed by atoms with Gasteiger partial charge in [-0.3, -0.25) is 4.79 Å². The Morgan fingerprint density at radius 2 is 2.07 bits per heavy atom. The molecule has 0 radical (unpaired) electrons. The minimum Gasteiger partial charge on any atom is -0.466 e. The van der Waals surface area contributed by atoms with E-state index in [-0.39, 0.29) is 5.97 Å². The Bertz CT molecular complexity index is 790. The summed E-state index contributed by atoms with van der Waals surface area (Å²) in [5.41, 5.74) is 1.28. The molecule has 1 unspecified atom stereocenters. The predicted molar refractivity (Wildman–Crippen MR) is 109 cm³/mol. The van der Waals surface area contributed by atoms with E-state index in [2.05, 4.69) is 10.1 Å². The number of rotatable bonds is 7. The number of hydrogen-bond donors (Lipinski definition) is 0. The van der Waals surface area contributed by atoms with E-state index in [1.165, 1.54) is 0 Å². The van der Waals surface area contributed by atoms with Gasteiger partial charge in [0.05, 0.1) is 18.6 Å². The normalized spacial score (nSPS) is 21.9. The molecule has 0 bridgehead atoms. The molecule has 0 N–H and O–H groups in total. The molecule has 0 spiro atoms. The third-order valence-electron chi connectivity index (χ3n) is 6.20. The first-order valence-electron chi connectivity index (χ1n) is 10.7. The van der Waals surface area contributed by atoms with Crippen LogP contribution in [0.3, 0.4) is 0 Å². The summed E-state index contributed by atoms with van der Waals surface area (Å²) in [5, 5.41) is 4.22. The molecule has 1 atom stereocenters. The molecule has 0 aliphatic carbocycles. The molecule has 2 aliphatic heterocycles. The van der Waals surface area contributed by atoms with E-state index in [1.54, 1.807) is 0 Å². The van der Waals surface area contributed by atoms with Crippen molar-refractivity contribution in [3.8, 4) is 11.3 Å². The first-order valence-corrected chi connectivity index (χ1v) is 10.7. The Kier molecular flexibility index (Phi) is 6.31. The number of aromatic nitrogens is 1. The van der Waals surface area contributed by atoms with Crippen LogP contribution in [0.2, 0.25) is 0 Å². The van der Waals surface area contributed by atoms with Gasteiger partial charge in [-0.25, -0.2) is 0 Å². The topological polar surface area (TPSA) is 64.8 Å². The van der Waals surface area contributed by atoms with E-state index < -0.39 is 5.41 Å². The van der Waals surface area contributed by atoms with Crippen LogP contribution in [0.5, 0.6) is 0 Å². The number of likely N-dealkylation sites (tertiary alicyclic amines) is 1. The average Bonchev–Trinajstić information content (AvgIpc) is 3.43. The maximum Gasteiger partial charge on any atom is 0.312 e. The van der Waals surface area contributed by atoms with Crippen molar-refractivity contribution in [2.75, 3.05) is 39.5 Å². The van der Waals surface area contributed by atoms with Crippen molar-refractivity contribution in [2.45, 2.75) is 32.6 Å². The standard InChI is InChI=1S/C23H30N2O4/c1-2-28-22(26)23(9-11-25(12-10-23)16-18-8-13-27-17-18)15-20-14-21(24-29-20)19-6-4-3-5-7-19/h3-7,14,18H,2,8-13,15-17H2,1H3. The van der Waals surface area contributed by atoms with Crippen LogP contribution in [0, 0.1) is 11.3 Å². The molecule has 0 saturated carbocycles. The molecule has 6 heteroatoms. The van der Waals surface area contributed by atoms with Crippen molar-refractivity contribution in [3.05, 3.63) is 42.2 Å². The molecule has 3 heterocycles. The summed E-state index contributed by atoms with van der Waals surface area (Å²) in [5.74, 6) is 1.25. The van der Waals surface area contributed by atoms with Gasteiger partial charge in [0.15, 0.2) is 0 Å². The maximum absolute atomic E-state index is 12.9. The van der Waals surface area contributed by atoms with Gasteiger partial charge >= 0.3 is 5.97 Å². The number of benzene rings is 1. The van der Waals surface area contributed by atoms with E-state index in [0.29, 0.717) is 18.9 Å². The lowest BCUT2D eigenvalue weighted by Crippen LogP contribution is -2.47. The number of piperidine rings is 1. The van der Waals surface area contributed by atoms with Gasteiger partial charge in [0.2, 0.25) is 0 Å². The zero-order chi connectivity index (χ0) is 20.1. The van der Waals surface area contributed by atoms with Crippen molar-refractivity contribution in [1.82, 2.24) is 10.1 Å². The fourth-order valence-corrected chi connectivity index (χ4v) is 4.47. The molecule has 2 aromatic rings. The lowest BCUT2D eigenvalue weighted by atomic mass is 9.74. The van der Waals surface area contributed by atoms with Gasteiger partial charge in [0, 0.05) is 31.2 Å². The first kappa shape index (κ1) is 20.1. The van der Waals surface area contributed by atoms with Gasteiger partial charge < -0.3 is 18.9 Å². The first-order chi connectivity index (χ1) is 14.2. The molecule has 6 nitrogen and oxygen atoms in total. The highest BCUT2D eigenvalue weighted by Gasteiger charge is 2.44. The molecule has 1 aromatic carbocycles. The largest absolute Gasteiger partial charge is 0.466 e. The second-order valence-electron chi connectivity index (χ2n) is 8.25. The zero-order valence-corrected chi connectivity index (χ0v) is 17.1. The van der Waals surface area contributed by atoms with E-state index in [1.807, 2.05) is 43.3 Å². The second kappa shape index (κ2) is 9.09. The van der Waals surface area contributed by atoms with Crippen molar-refractivity contribution < 1.29 is 18.8 Å². The van der Waals surface area contributed by atoms with Crippen molar-refractivity contribution >= 4 is 5.97 Å². The van der Waals surface area contributed by atoms with Crippen LogP contribution in [-0.2, 0) is 20.7 Å². The van der Waals surface area contributed by atoms with Crippen LogP contribution >= 0.6 is 0 Å². The number of carbonyl (C=O) groups is 1. The smallest absolute Gasteiger partial charge is 0.312 e. The Hall–Kier alpha value is -2.18. The molecule has 2 aliphatic rings. The van der Waals surface area contributed by atoms with Crippen molar-refractivity contribution in [1.29, 1.82) is 0 Å². The van der Waals surface area contributed by atoms with Gasteiger partial charge in [0.25, 0.3) is 0 Å². The summed E-state index contributed by atoms with van der Waals surface area (Å²) < 4.78 is 16.6. The number of carbonyl (C=O) groups excluding carboxylic acids is 1. The summed E-state index contributed by atoms with van der Waals surface area (Å²) in [6, 6.07) is 11.9. The molecule has 2 fully saturated rings. The lowest BCUT2D eigenvalue weighted by Gasteiger charge is -2.40. The van der Waals surface area contributed by atoms with Crippen LogP contribution in [-0.4, -0.2) is 55.5 Å². The summed E-state index contributed by atoms with van der Waals surface area (Å²) >= 11 is 0. The van der Waals surface area contributed by atoms with Crippen molar-refractivity contribution in [2.24, 2.45) is 11.3 Å². The Morgan fingerprint density at radius 3 is 2.76 bits per heavy atom. The highest BCUT2D eigenvalue weighted by Crippen LogP contribution is 2.38. The highest BCUT2D eigenvalue weighted by atomic mass is 16.5. The zero-order valence-electron chi connectivity index (χ0n) is 17.1. The van der Waals surface area contributed by atoms with Gasteiger partial charge in [-0.2, -0.15) is 0 Å². The summed E-state index contributed by atoms with van der Waals surface area (Å²) in [4.78, 5) is 15.4. The number of ether oxygens (including phenoxy) is 2. The Balaban J connectivity index is 1.45. The van der Waals surface area contributed by atoms with Crippen LogP contribution in [0.4, 0.5) is 0 Å². The van der Waals surface area contributed by atoms with Gasteiger partial charge in [0.1, 0.15) is 11.5 Å². The summed E-state index contributed by atoms with van der Waals surface area (Å²) in [6.07, 6.45) is 3.23. The molecular formula is C23H30N2O4. The minimum absolute atomic E-state index is 0.110. The van der Waals surface area contributed by atoms with Gasteiger partial charge in [-0.1, -0.05) is 35.5 Å². The van der Waals surface area contributed by atoms with Gasteiger partial charge in [-0.05, 0) is 45.2 Å². The van der Waals surface area contributed by atoms with E-state index in [0.717, 1.165) is 69.1 Å². The number of hydrogen-bond acceptors (Lipinski definition) is 6. The molecule has 4 rings (SSSR count). The fraction of sp³-hybridized carbons (Fsp3) is 0.565. The highest BCUT2D eigenvalue weighted by molar-refractivity contribution is 5.77. The number of nitrogens with zero attached hydrogens (tertiary/aromatic N) is 2. The SMILES string of the molecule is CCOC(=O)C1(Cc2cc(-c3ccccc3)no2)CCN(CC2CCOC2)CC1. The summed E-state index contributed by atoms with van der Waals surface area (Å²) in [7, 11) is 0. The van der Waals surface area contributed by atoms with Crippen molar-refractivity contribution in [3.63, 3.8) is 0 Å². The number of esters is 1. The van der Waals surface area contributed by atoms with E-state index in [4.69, 9.17) is 14.0 Å². The van der Waals surface area contributed by atoms with Crippen LogP contribution in [0.1, 0.15) is 31.9 Å².